The van der Waals surface area contributed by atoms with E-state index in [9.17, 15) is 14.3 Å². The summed E-state index contributed by atoms with van der Waals surface area (Å²) < 4.78 is 33.5. The van der Waals surface area contributed by atoms with Crippen LogP contribution in [0, 0.1) is 0 Å². The number of phosphoric ester groups is 1. The van der Waals surface area contributed by atoms with Crippen LogP contribution in [-0.4, -0.2) is 49.9 Å². The maximum absolute atomic E-state index is 12.6. The third kappa shape index (κ3) is 48.8. The Balaban J connectivity index is 4.04. The van der Waals surface area contributed by atoms with Crippen molar-refractivity contribution in [1.82, 2.24) is 0 Å². The predicted octanol–water partition coefficient (Wildman–Crippen LogP) is 15.5. The predicted molar refractivity (Wildman–Crippen MR) is 261 cm³/mol. The highest BCUT2D eigenvalue weighted by molar-refractivity contribution is 7.47. The molecule has 0 aromatic heterocycles. The fraction of sp³-hybridized carbons (Fsp3) is 0.750. The number of nitrogens with two attached hydrogens (primary N) is 1. The maximum atomic E-state index is 12.6. The van der Waals surface area contributed by atoms with Gasteiger partial charge in [0, 0.05) is 19.6 Å². The van der Waals surface area contributed by atoms with E-state index in [4.69, 9.17) is 24.3 Å². The summed E-state index contributed by atoms with van der Waals surface area (Å²) in [6.45, 7) is 4.67. The second kappa shape index (κ2) is 49.0. The van der Waals surface area contributed by atoms with Gasteiger partial charge in [0.25, 0.3) is 0 Å². The van der Waals surface area contributed by atoms with E-state index in [-0.39, 0.29) is 32.3 Å². The van der Waals surface area contributed by atoms with Crippen LogP contribution in [0.5, 0.6) is 0 Å². The molecule has 8 nitrogen and oxygen atoms in total. The molecule has 0 radical (unpaired) electrons. The van der Waals surface area contributed by atoms with Crippen molar-refractivity contribution >= 4 is 13.8 Å². The minimum Gasteiger partial charge on any atom is -0.457 e. The van der Waals surface area contributed by atoms with E-state index in [1.807, 2.05) is 0 Å². The first-order valence-corrected chi connectivity index (χ1v) is 26.4. The van der Waals surface area contributed by atoms with Crippen LogP contribution in [0.3, 0.4) is 0 Å². The van der Waals surface area contributed by atoms with Crippen LogP contribution < -0.4 is 5.73 Å². The van der Waals surface area contributed by atoms with Crippen LogP contribution in [0.15, 0.2) is 72.9 Å². The number of hydrogen-bond acceptors (Lipinski definition) is 7. The van der Waals surface area contributed by atoms with Crippen molar-refractivity contribution in [2.24, 2.45) is 5.73 Å². The summed E-state index contributed by atoms with van der Waals surface area (Å²) in [6, 6.07) is 0. The monoisotopic (exact) mass is 876 g/mol. The molecule has 0 heterocycles. The van der Waals surface area contributed by atoms with Gasteiger partial charge in [0.15, 0.2) is 0 Å². The van der Waals surface area contributed by atoms with E-state index >= 15 is 0 Å². The van der Waals surface area contributed by atoms with E-state index in [2.05, 4.69) is 86.8 Å². The zero-order valence-corrected chi connectivity index (χ0v) is 40.3. The molecule has 0 aliphatic carbocycles. The lowest BCUT2D eigenvalue weighted by molar-refractivity contribution is -0.154. The van der Waals surface area contributed by atoms with Crippen molar-refractivity contribution in [3.8, 4) is 0 Å². The van der Waals surface area contributed by atoms with Crippen molar-refractivity contribution < 1.29 is 32.8 Å². The molecule has 0 spiro atoms. The average Bonchev–Trinajstić information content (AvgIpc) is 3.25. The van der Waals surface area contributed by atoms with Crippen LogP contribution in [-0.2, 0) is 27.9 Å². The molecule has 0 saturated heterocycles. The Morgan fingerprint density at radius 2 is 0.902 bits per heavy atom. The van der Waals surface area contributed by atoms with Gasteiger partial charge in [0.1, 0.15) is 6.10 Å². The third-order valence-corrected chi connectivity index (χ3v) is 11.4. The van der Waals surface area contributed by atoms with E-state index in [1.54, 1.807) is 0 Å². The van der Waals surface area contributed by atoms with Crippen LogP contribution >= 0.6 is 7.82 Å². The van der Waals surface area contributed by atoms with Gasteiger partial charge in [-0.05, 0) is 57.8 Å². The molecule has 0 amide bonds. The van der Waals surface area contributed by atoms with Gasteiger partial charge in [-0.1, -0.05) is 222 Å². The molecule has 354 valence electrons. The Morgan fingerprint density at radius 3 is 1.31 bits per heavy atom. The Hall–Kier alpha value is -2.06. The highest BCUT2D eigenvalue weighted by Gasteiger charge is 2.25. The largest absolute Gasteiger partial charge is 0.472 e. The normalized spacial score (nSPS) is 14.0. The summed E-state index contributed by atoms with van der Waals surface area (Å²) in [5.41, 5.74) is 5.38. The molecule has 2 atom stereocenters. The topological polar surface area (TPSA) is 117 Å². The minimum absolute atomic E-state index is 0.0751. The van der Waals surface area contributed by atoms with Crippen molar-refractivity contribution in [2.75, 3.05) is 33.0 Å². The molecule has 0 saturated carbocycles. The van der Waals surface area contributed by atoms with Crippen molar-refractivity contribution in [2.45, 2.75) is 219 Å². The summed E-state index contributed by atoms with van der Waals surface area (Å²) >= 11 is 0. The number of carbonyl (C=O) groups is 1. The van der Waals surface area contributed by atoms with Gasteiger partial charge in [-0.25, -0.2) is 4.57 Å². The number of unbranched alkanes of at least 4 members (excludes halogenated alkanes) is 22. The van der Waals surface area contributed by atoms with Gasteiger partial charge in [0.2, 0.25) is 0 Å². The smallest absolute Gasteiger partial charge is 0.457 e. The zero-order chi connectivity index (χ0) is 44.4. The summed E-state index contributed by atoms with van der Waals surface area (Å²) in [7, 11) is -4.30. The number of phosphoric acid groups is 1. The molecule has 0 bridgehead atoms. The van der Waals surface area contributed by atoms with Crippen LogP contribution in [0.25, 0.3) is 0 Å². The van der Waals surface area contributed by atoms with Gasteiger partial charge in [-0.2, -0.15) is 0 Å². The summed E-state index contributed by atoms with van der Waals surface area (Å²) in [5, 5.41) is 0. The highest BCUT2D eigenvalue weighted by atomic mass is 31.2. The Kier molecular flexibility index (Phi) is 47.3. The third-order valence-electron chi connectivity index (χ3n) is 10.4. The lowest BCUT2D eigenvalue weighted by Gasteiger charge is -2.20. The summed E-state index contributed by atoms with van der Waals surface area (Å²) in [6.07, 6.45) is 62.4. The maximum Gasteiger partial charge on any atom is 0.472 e. The fourth-order valence-corrected chi connectivity index (χ4v) is 7.54. The Labute approximate surface area is 376 Å². The molecule has 0 aliphatic rings. The van der Waals surface area contributed by atoms with E-state index in [0.29, 0.717) is 13.0 Å². The lowest BCUT2D eigenvalue weighted by Crippen LogP contribution is -2.28. The highest BCUT2D eigenvalue weighted by Crippen LogP contribution is 2.43. The van der Waals surface area contributed by atoms with E-state index in [0.717, 1.165) is 70.6 Å². The van der Waals surface area contributed by atoms with Crippen LogP contribution in [0.1, 0.15) is 213 Å². The van der Waals surface area contributed by atoms with Crippen molar-refractivity contribution in [3.63, 3.8) is 0 Å². The van der Waals surface area contributed by atoms with Crippen molar-refractivity contribution in [1.29, 1.82) is 0 Å². The quantitative estimate of drug-likeness (QED) is 0.0269. The standard InChI is InChI=1S/C52H94NO7P/c1-3-5-7-9-11-13-15-17-19-21-23-25-26-27-29-31-33-35-37-39-41-43-45-52(54)60-51(50-59-61(55,56)58-48-46-53)49-57-47-44-42-40-38-36-34-32-30-28-24-22-20-18-16-14-12-10-8-6-4-2/h6,8,12,14,18,20,24,28,32,34,38,40,51H,3-5,7,9-11,13,15-17,19,21-23,25-27,29-31,33,35-37,39,41-50,53H2,1-2H3,(H,55,56)/b8-6-,14-12-,20-18-,28-24-,34-32-,40-38-. The molecule has 0 aromatic rings. The number of allylic oxidation sites excluding steroid dienone is 12. The Bertz CT molecular complexity index is 1160. The fourth-order valence-electron chi connectivity index (χ4n) is 6.78. The first-order chi connectivity index (χ1) is 29.9. The van der Waals surface area contributed by atoms with Crippen LogP contribution in [0.4, 0.5) is 0 Å². The van der Waals surface area contributed by atoms with Gasteiger partial charge in [0.05, 0.1) is 19.8 Å². The molecule has 9 heteroatoms. The molecule has 2 unspecified atom stereocenters. The van der Waals surface area contributed by atoms with Gasteiger partial charge in [-0.15, -0.1) is 0 Å². The second-order valence-corrected chi connectivity index (χ2v) is 17.8. The molecule has 0 aliphatic heterocycles. The number of esters is 1. The molecule has 0 fully saturated rings. The van der Waals surface area contributed by atoms with Gasteiger partial charge >= 0.3 is 13.8 Å². The molecular formula is C52H94NO7P. The molecular weight excluding hydrogens is 782 g/mol. The van der Waals surface area contributed by atoms with Gasteiger partial charge < -0.3 is 20.1 Å². The minimum atomic E-state index is -4.30. The molecule has 61 heavy (non-hydrogen) atoms. The molecule has 0 rings (SSSR count). The number of hydrogen-bond donors (Lipinski definition) is 2. The Morgan fingerprint density at radius 1 is 0.508 bits per heavy atom. The van der Waals surface area contributed by atoms with E-state index < -0.39 is 13.9 Å². The zero-order valence-electron chi connectivity index (χ0n) is 39.4. The molecule has 3 N–H and O–H groups in total. The summed E-state index contributed by atoms with van der Waals surface area (Å²) in [4.78, 5) is 22.6. The van der Waals surface area contributed by atoms with Gasteiger partial charge in [-0.3, -0.25) is 13.8 Å². The lowest BCUT2D eigenvalue weighted by atomic mass is 10.0. The average molecular weight is 876 g/mol. The second-order valence-electron chi connectivity index (χ2n) is 16.3. The number of carbonyl (C=O) groups excluding carboxylic acids is 1. The molecule has 0 aromatic carbocycles. The number of ether oxygens (including phenoxy) is 2. The van der Waals surface area contributed by atoms with Crippen LogP contribution in [0.2, 0.25) is 0 Å². The first kappa shape index (κ1) is 58.9. The summed E-state index contributed by atoms with van der Waals surface area (Å²) in [5.74, 6) is -0.348. The van der Waals surface area contributed by atoms with E-state index in [1.165, 1.54) is 122 Å². The SMILES string of the molecule is CC/C=C\C/C=C\C/C=C\C/C=C\C/C=C\C/C=C\CCCOCC(COP(=O)(O)OCCN)OC(=O)CCCCCCCCCCCCCCCCCCCCCCCC. The first-order valence-electron chi connectivity index (χ1n) is 24.9. The van der Waals surface area contributed by atoms with Crippen molar-refractivity contribution in [3.05, 3.63) is 72.9 Å². The number of rotatable bonds is 47.